The molecule has 6 rings (SSSR count). The Morgan fingerprint density at radius 3 is 2.57 bits per heavy atom. The number of aryl methyl sites for hydroxylation is 3. The molecule has 2 aliphatic rings. The Bertz CT molecular complexity index is 2130. The molecule has 1 fully saturated rings. The number of sulfone groups is 1. The van der Waals surface area contributed by atoms with E-state index in [1.165, 1.54) is 16.6 Å². The lowest BCUT2D eigenvalue weighted by atomic mass is 9.69. The molecule has 1 amide bonds. The molecule has 0 bridgehead atoms. The number of amides is 1. The maximum atomic E-state index is 14.2. The highest BCUT2D eigenvalue weighted by atomic mass is 32.2. The van der Waals surface area contributed by atoms with Gasteiger partial charge in [0.25, 0.3) is 0 Å². The maximum absolute atomic E-state index is 14.2. The zero-order valence-corrected chi connectivity index (χ0v) is 30.4. The number of nitrogens with one attached hydrogen (secondary N) is 1. The lowest BCUT2D eigenvalue weighted by Crippen LogP contribution is -2.46. The van der Waals surface area contributed by atoms with Gasteiger partial charge in [-0.25, -0.2) is 26.5 Å². The molecule has 3 atom stereocenters. The third-order valence-electron chi connectivity index (χ3n) is 10.0. The number of carbonyl (C=O) groups excluding carboxylic acids is 1. The van der Waals surface area contributed by atoms with Crippen molar-refractivity contribution >= 4 is 36.8 Å². The first-order valence-electron chi connectivity index (χ1n) is 16.7. The molecule has 49 heavy (non-hydrogen) atoms. The fraction of sp³-hybridized carbons (Fsp3) is 0.486. The predicted molar refractivity (Wildman–Crippen MR) is 186 cm³/mol. The Balaban J connectivity index is 1.44. The van der Waals surface area contributed by atoms with Gasteiger partial charge in [0.1, 0.15) is 16.5 Å². The SMILES string of the molecule is CC[C@@H]1CN(Cc2cc([C@@H](c3ccc4c(nnn4CC)c3C)C(C)(C)C(=O)NC3CCS(=O)(=O)C3)ccc2C)S(=O)(=O)c2cccnc2O1. The van der Waals surface area contributed by atoms with Crippen LogP contribution in [-0.4, -0.2) is 77.2 Å². The van der Waals surface area contributed by atoms with Crippen LogP contribution in [0.25, 0.3) is 11.0 Å². The molecule has 12 nitrogen and oxygen atoms in total. The molecular formula is C35H44N6O6S2. The van der Waals surface area contributed by atoms with Gasteiger partial charge in [-0.15, -0.1) is 5.10 Å². The molecule has 14 heteroatoms. The summed E-state index contributed by atoms with van der Waals surface area (Å²) in [6, 6.07) is 12.6. The van der Waals surface area contributed by atoms with E-state index in [9.17, 15) is 21.6 Å². The first kappa shape index (κ1) is 35.0. The second kappa shape index (κ2) is 13.1. The van der Waals surface area contributed by atoms with Gasteiger partial charge in [0.05, 0.1) is 29.0 Å². The zero-order chi connectivity index (χ0) is 35.3. The van der Waals surface area contributed by atoms with E-state index in [1.807, 2.05) is 76.6 Å². The monoisotopic (exact) mass is 708 g/mol. The van der Waals surface area contributed by atoms with Gasteiger partial charge >= 0.3 is 0 Å². The molecule has 0 saturated carbocycles. The number of sulfonamides is 1. The van der Waals surface area contributed by atoms with Crippen molar-refractivity contribution in [2.75, 3.05) is 18.1 Å². The van der Waals surface area contributed by atoms with Gasteiger partial charge in [0.15, 0.2) is 9.84 Å². The van der Waals surface area contributed by atoms with Gasteiger partial charge in [0, 0.05) is 31.2 Å². The topological polar surface area (TPSA) is 153 Å². The number of rotatable bonds is 9. The van der Waals surface area contributed by atoms with Crippen LogP contribution < -0.4 is 10.1 Å². The molecule has 0 spiro atoms. The highest BCUT2D eigenvalue weighted by Gasteiger charge is 2.42. The van der Waals surface area contributed by atoms with E-state index in [0.29, 0.717) is 19.4 Å². The molecule has 1 N–H and O–H groups in total. The van der Waals surface area contributed by atoms with Crippen molar-refractivity contribution in [3.8, 4) is 5.88 Å². The molecule has 4 aromatic rings. The minimum atomic E-state index is -3.94. The van der Waals surface area contributed by atoms with Gasteiger partial charge in [-0.05, 0) is 79.6 Å². The summed E-state index contributed by atoms with van der Waals surface area (Å²) in [5, 5.41) is 11.8. The summed E-state index contributed by atoms with van der Waals surface area (Å²) in [5.41, 5.74) is 4.85. The Labute approximate surface area is 288 Å². The van der Waals surface area contributed by atoms with Crippen LogP contribution in [0, 0.1) is 19.3 Å². The van der Waals surface area contributed by atoms with Crippen molar-refractivity contribution < 1.29 is 26.4 Å². The van der Waals surface area contributed by atoms with Crippen molar-refractivity contribution in [2.45, 2.75) is 90.4 Å². The van der Waals surface area contributed by atoms with Gasteiger partial charge < -0.3 is 10.1 Å². The van der Waals surface area contributed by atoms with Crippen molar-refractivity contribution in [3.63, 3.8) is 0 Å². The van der Waals surface area contributed by atoms with Crippen LogP contribution in [0.1, 0.15) is 74.3 Å². The third kappa shape index (κ3) is 6.57. The van der Waals surface area contributed by atoms with Gasteiger partial charge in [-0.3, -0.25) is 4.79 Å². The number of nitrogens with zero attached hydrogens (tertiary/aromatic N) is 5. The number of hydrogen-bond acceptors (Lipinski definition) is 9. The quantitative estimate of drug-likeness (QED) is 0.268. The second-order valence-corrected chi connectivity index (χ2v) is 17.9. The third-order valence-corrected chi connectivity index (χ3v) is 13.6. The number of pyridine rings is 1. The highest BCUT2D eigenvalue weighted by Crippen LogP contribution is 2.44. The second-order valence-electron chi connectivity index (χ2n) is 13.7. The number of benzene rings is 2. The van der Waals surface area contributed by atoms with Gasteiger partial charge in [-0.2, -0.15) is 4.31 Å². The normalized spacial score (nSPS) is 21.1. The molecule has 2 aromatic carbocycles. The highest BCUT2D eigenvalue weighted by molar-refractivity contribution is 7.91. The number of aromatic nitrogens is 4. The molecule has 262 valence electrons. The molecule has 1 saturated heterocycles. The first-order valence-corrected chi connectivity index (χ1v) is 20.0. The standard InChI is InChI=1S/C35H44N6O6S2/c1-7-27-20-40(49(45,46)30-10-9-16-36-33(30)47-27)19-25-18-24(12-11-22(25)3)31(28-13-14-29-32(23(28)4)38-39-41(29)8-2)35(5,6)34(42)37-26-15-17-48(43,44)21-26/h9-14,16,18,26-27,31H,7-8,15,17,19-21H2,1-6H3,(H,37,42)/t26?,27-,31+/m1/s1. The first-order chi connectivity index (χ1) is 23.2. The van der Waals surface area contributed by atoms with Crippen molar-refractivity contribution in [2.24, 2.45) is 5.41 Å². The van der Waals surface area contributed by atoms with E-state index in [2.05, 4.69) is 20.6 Å². The molecule has 2 aliphatic heterocycles. The predicted octanol–water partition coefficient (Wildman–Crippen LogP) is 4.29. The summed E-state index contributed by atoms with van der Waals surface area (Å²) in [7, 11) is -7.15. The van der Waals surface area contributed by atoms with Crippen LogP contribution in [0.15, 0.2) is 53.6 Å². The van der Waals surface area contributed by atoms with Gasteiger partial charge in [-0.1, -0.05) is 50.3 Å². The minimum Gasteiger partial charge on any atom is -0.472 e. The van der Waals surface area contributed by atoms with Crippen molar-refractivity contribution in [1.82, 2.24) is 29.6 Å². The van der Waals surface area contributed by atoms with E-state index < -0.39 is 37.2 Å². The molecule has 0 radical (unpaired) electrons. The molecule has 1 unspecified atom stereocenters. The van der Waals surface area contributed by atoms with Gasteiger partial charge in [0.2, 0.25) is 21.8 Å². The fourth-order valence-electron chi connectivity index (χ4n) is 7.04. The summed E-state index contributed by atoms with van der Waals surface area (Å²) in [4.78, 5) is 18.4. The molecular weight excluding hydrogens is 665 g/mol. The maximum Gasteiger partial charge on any atom is 0.248 e. The van der Waals surface area contributed by atoms with E-state index in [4.69, 9.17) is 4.74 Å². The molecule has 0 aliphatic carbocycles. The fourth-order valence-corrected chi connectivity index (χ4v) is 10.2. The van der Waals surface area contributed by atoms with E-state index in [-0.39, 0.29) is 47.4 Å². The molecule has 4 heterocycles. The summed E-state index contributed by atoms with van der Waals surface area (Å²) in [5.74, 6) is -0.685. The van der Waals surface area contributed by atoms with Crippen LogP contribution in [0.3, 0.4) is 0 Å². The average molecular weight is 709 g/mol. The van der Waals surface area contributed by atoms with Crippen molar-refractivity contribution in [1.29, 1.82) is 0 Å². The van der Waals surface area contributed by atoms with Crippen LogP contribution in [0.4, 0.5) is 0 Å². The van der Waals surface area contributed by atoms with Crippen molar-refractivity contribution in [3.05, 3.63) is 76.5 Å². The van der Waals surface area contributed by atoms with Crippen LogP contribution in [-0.2, 0) is 37.7 Å². The number of ether oxygens (including phenoxy) is 1. The van der Waals surface area contributed by atoms with Crippen LogP contribution in [0.2, 0.25) is 0 Å². The zero-order valence-electron chi connectivity index (χ0n) is 28.8. The Kier molecular flexibility index (Phi) is 9.35. The number of fused-ring (bicyclic) bond motifs is 2. The minimum absolute atomic E-state index is 0.0356. The number of hydrogen-bond donors (Lipinski definition) is 1. The summed E-state index contributed by atoms with van der Waals surface area (Å²) < 4.78 is 61.7. The average Bonchev–Trinajstić information content (AvgIpc) is 3.62. The molecule has 2 aromatic heterocycles. The lowest BCUT2D eigenvalue weighted by molar-refractivity contribution is -0.130. The Morgan fingerprint density at radius 1 is 1.10 bits per heavy atom. The number of carbonyl (C=O) groups is 1. The van der Waals surface area contributed by atoms with E-state index in [0.717, 1.165) is 38.9 Å². The lowest BCUT2D eigenvalue weighted by Gasteiger charge is -2.36. The van der Waals surface area contributed by atoms with Crippen LogP contribution in [0.5, 0.6) is 5.88 Å². The van der Waals surface area contributed by atoms with E-state index in [1.54, 1.807) is 6.07 Å². The smallest absolute Gasteiger partial charge is 0.248 e. The Morgan fingerprint density at radius 2 is 1.88 bits per heavy atom. The Hall–Kier alpha value is -3.88. The van der Waals surface area contributed by atoms with Crippen LogP contribution >= 0.6 is 0 Å². The summed E-state index contributed by atoms with van der Waals surface area (Å²) in [6.45, 7) is 12.5. The largest absolute Gasteiger partial charge is 0.472 e. The summed E-state index contributed by atoms with van der Waals surface area (Å²) >= 11 is 0. The summed E-state index contributed by atoms with van der Waals surface area (Å²) in [6.07, 6.45) is 2.12. The van der Waals surface area contributed by atoms with E-state index >= 15 is 0 Å².